The number of nitrogens with zero attached hydrogens (tertiary/aromatic N) is 1. The van der Waals surface area contributed by atoms with Crippen LogP contribution in [0.15, 0.2) is 84.0 Å². The molecule has 4 rings (SSSR count). The minimum Gasteiger partial charge on any atom is -0.489 e. The Bertz CT molecular complexity index is 1040. The lowest BCUT2D eigenvalue weighted by Crippen LogP contribution is -2.41. The second kappa shape index (κ2) is 10.2. The normalized spacial score (nSPS) is 18.2. The Kier molecular flexibility index (Phi) is 6.94. The van der Waals surface area contributed by atoms with Gasteiger partial charge in [-0.3, -0.25) is 4.79 Å². The van der Waals surface area contributed by atoms with Crippen LogP contribution in [0.25, 0.3) is 0 Å². The summed E-state index contributed by atoms with van der Waals surface area (Å²) in [6.45, 7) is 0.437. The average Bonchev–Trinajstić information content (AvgIpc) is 3.30. The molecule has 2 atom stereocenters. The zero-order chi connectivity index (χ0) is 21.5. The fourth-order valence-electron chi connectivity index (χ4n) is 3.36. The molecule has 2 unspecified atom stereocenters. The van der Waals surface area contributed by atoms with Crippen LogP contribution in [-0.4, -0.2) is 18.2 Å². The van der Waals surface area contributed by atoms with E-state index in [9.17, 15) is 4.79 Å². The van der Waals surface area contributed by atoms with Gasteiger partial charge in [-0.1, -0.05) is 72.3 Å². The molecule has 0 aliphatic carbocycles. The number of hydrazone groups is 1. The van der Waals surface area contributed by atoms with Crippen LogP contribution in [0.3, 0.4) is 0 Å². The van der Waals surface area contributed by atoms with E-state index >= 15 is 0 Å². The molecule has 0 aromatic heterocycles. The van der Waals surface area contributed by atoms with Crippen LogP contribution in [0, 0.1) is 0 Å². The summed E-state index contributed by atoms with van der Waals surface area (Å²) in [5.74, 6) is 0.585. The predicted octanol–water partition coefficient (Wildman–Crippen LogP) is 3.98. The monoisotopic (exact) mass is 434 g/mol. The van der Waals surface area contributed by atoms with Gasteiger partial charge in [0, 0.05) is 10.6 Å². The molecule has 31 heavy (non-hydrogen) atoms. The van der Waals surface area contributed by atoms with Crippen molar-refractivity contribution >= 4 is 23.7 Å². The maximum absolute atomic E-state index is 12.5. The third-order valence-corrected chi connectivity index (χ3v) is 5.26. The standard InChI is InChI=1S/C24H23ClN4O2/c25-19-12-10-18(11-13-19)16-31-23-9-5-4-8-20(23)21-14-22(28-27-21)24(30)29-26-15-17-6-2-1-3-7-17/h1-13,15,21-22,27-28H,14,16H2,(H,29,30)/b26-15+. The summed E-state index contributed by atoms with van der Waals surface area (Å²) in [5, 5.41) is 4.74. The molecular weight excluding hydrogens is 412 g/mol. The first kappa shape index (κ1) is 21.1. The van der Waals surface area contributed by atoms with Gasteiger partial charge in [-0.2, -0.15) is 5.10 Å². The van der Waals surface area contributed by atoms with E-state index < -0.39 is 6.04 Å². The van der Waals surface area contributed by atoms with E-state index in [0.717, 1.165) is 22.4 Å². The van der Waals surface area contributed by atoms with E-state index in [0.29, 0.717) is 18.1 Å². The van der Waals surface area contributed by atoms with Gasteiger partial charge in [0.1, 0.15) is 18.4 Å². The lowest BCUT2D eigenvalue weighted by Gasteiger charge is -2.16. The van der Waals surface area contributed by atoms with Crippen LogP contribution in [0.5, 0.6) is 5.75 Å². The number of nitrogens with one attached hydrogen (secondary N) is 3. The quantitative estimate of drug-likeness (QED) is 0.388. The van der Waals surface area contributed by atoms with E-state index in [4.69, 9.17) is 16.3 Å². The number of rotatable bonds is 7. The van der Waals surface area contributed by atoms with Crippen molar-refractivity contribution in [3.05, 3.63) is 101 Å². The van der Waals surface area contributed by atoms with Crippen molar-refractivity contribution < 1.29 is 9.53 Å². The molecule has 3 N–H and O–H groups in total. The lowest BCUT2D eigenvalue weighted by atomic mass is 10.0. The molecule has 158 valence electrons. The van der Waals surface area contributed by atoms with Crippen molar-refractivity contribution in [2.75, 3.05) is 0 Å². The molecule has 1 saturated heterocycles. The molecule has 6 nitrogen and oxygen atoms in total. The second-order valence-electron chi connectivity index (χ2n) is 7.23. The van der Waals surface area contributed by atoms with Gasteiger partial charge in [0.05, 0.1) is 12.3 Å². The smallest absolute Gasteiger partial charge is 0.258 e. The van der Waals surface area contributed by atoms with Crippen molar-refractivity contribution in [3.63, 3.8) is 0 Å². The van der Waals surface area contributed by atoms with Gasteiger partial charge < -0.3 is 4.74 Å². The van der Waals surface area contributed by atoms with Crippen molar-refractivity contribution in [2.45, 2.75) is 25.1 Å². The van der Waals surface area contributed by atoms with E-state index in [-0.39, 0.29) is 11.9 Å². The number of hydrogen-bond donors (Lipinski definition) is 3. The molecule has 1 aliphatic rings. The molecular formula is C24H23ClN4O2. The highest BCUT2D eigenvalue weighted by Gasteiger charge is 2.31. The minimum absolute atomic E-state index is 0.0599. The van der Waals surface area contributed by atoms with Crippen LogP contribution in [0.1, 0.15) is 29.2 Å². The van der Waals surface area contributed by atoms with Gasteiger partial charge in [-0.15, -0.1) is 0 Å². The number of hydrazine groups is 1. The third kappa shape index (κ3) is 5.70. The van der Waals surface area contributed by atoms with Crippen LogP contribution in [0.4, 0.5) is 0 Å². The van der Waals surface area contributed by atoms with Crippen molar-refractivity contribution in [3.8, 4) is 5.75 Å². The largest absolute Gasteiger partial charge is 0.489 e. The van der Waals surface area contributed by atoms with Gasteiger partial charge in [0.15, 0.2) is 0 Å². The van der Waals surface area contributed by atoms with Gasteiger partial charge in [-0.25, -0.2) is 16.3 Å². The molecule has 1 fully saturated rings. The maximum atomic E-state index is 12.5. The van der Waals surface area contributed by atoms with E-state index in [1.165, 1.54) is 0 Å². The van der Waals surface area contributed by atoms with Crippen LogP contribution in [-0.2, 0) is 11.4 Å². The SMILES string of the molecule is O=C(N/N=C/c1ccccc1)C1CC(c2ccccc2OCc2ccc(Cl)cc2)NN1. The number of ether oxygens (including phenoxy) is 1. The second-order valence-corrected chi connectivity index (χ2v) is 7.66. The summed E-state index contributed by atoms with van der Waals surface area (Å²) in [4.78, 5) is 12.5. The Morgan fingerprint density at radius 1 is 1.03 bits per heavy atom. The highest BCUT2D eigenvalue weighted by atomic mass is 35.5. The molecule has 0 radical (unpaired) electrons. The Morgan fingerprint density at radius 2 is 1.77 bits per heavy atom. The first-order valence-corrected chi connectivity index (χ1v) is 10.4. The first-order chi connectivity index (χ1) is 15.2. The summed E-state index contributed by atoms with van der Waals surface area (Å²) < 4.78 is 6.05. The van der Waals surface area contributed by atoms with Crippen LogP contribution >= 0.6 is 11.6 Å². The highest BCUT2D eigenvalue weighted by Crippen LogP contribution is 2.30. The number of benzene rings is 3. The Morgan fingerprint density at radius 3 is 2.58 bits per heavy atom. The summed E-state index contributed by atoms with van der Waals surface area (Å²) >= 11 is 5.94. The highest BCUT2D eigenvalue weighted by molar-refractivity contribution is 6.30. The third-order valence-electron chi connectivity index (χ3n) is 5.01. The van der Waals surface area contributed by atoms with Crippen molar-refractivity contribution in [1.29, 1.82) is 0 Å². The van der Waals surface area contributed by atoms with Crippen LogP contribution in [0.2, 0.25) is 5.02 Å². The van der Waals surface area contributed by atoms with Gasteiger partial charge in [-0.05, 0) is 35.7 Å². The number of halogens is 1. The predicted molar refractivity (Wildman–Crippen MR) is 122 cm³/mol. The van der Waals surface area contributed by atoms with E-state index in [2.05, 4.69) is 21.4 Å². The Labute approximate surface area is 186 Å². The maximum Gasteiger partial charge on any atom is 0.258 e. The molecule has 3 aromatic rings. The summed E-state index contributed by atoms with van der Waals surface area (Å²) in [6.07, 6.45) is 2.20. The van der Waals surface area contributed by atoms with Crippen LogP contribution < -0.4 is 21.0 Å². The zero-order valence-corrected chi connectivity index (χ0v) is 17.5. The van der Waals surface area contributed by atoms with E-state index in [1.54, 1.807) is 6.21 Å². The van der Waals surface area contributed by atoms with Crippen molar-refractivity contribution in [1.82, 2.24) is 16.3 Å². The molecule has 1 amide bonds. The number of carbonyl (C=O) groups is 1. The summed E-state index contributed by atoms with van der Waals surface area (Å²) in [6, 6.07) is 24.6. The Hall–Kier alpha value is -3.19. The average molecular weight is 435 g/mol. The summed E-state index contributed by atoms with van der Waals surface area (Å²) in [5.41, 5.74) is 11.8. The van der Waals surface area contributed by atoms with Gasteiger partial charge in [0.25, 0.3) is 5.91 Å². The molecule has 0 spiro atoms. The molecule has 0 saturated carbocycles. The lowest BCUT2D eigenvalue weighted by molar-refractivity contribution is -0.122. The number of hydrogen-bond acceptors (Lipinski definition) is 5. The van der Waals surface area contributed by atoms with E-state index in [1.807, 2.05) is 78.9 Å². The molecule has 3 aromatic carbocycles. The summed E-state index contributed by atoms with van der Waals surface area (Å²) in [7, 11) is 0. The first-order valence-electron chi connectivity index (χ1n) is 10.0. The fraction of sp³-hybridized carbons (Fsp3) is 0.167. The Balaban J connectivity index is 1.35. The molecule has 1 heterocycles. The minimum atomic E-state index is -0.401. The molecule has 1 aliphatic heterocycles. The van der Waals surface area contributed by atoms with Gasteiger partial charge >= 0.3 is 0 Å². The number of carbonyl (C=O) groups excluding carboxylic acids is 1. The van der Waals surface area contributed by atoms with Crippen molar-refractivity contribution in [2.24, 2.45) is 5.10 Å². The zero-order valence-electron chi connectivity index (χ0n) is 16.8. The number of amides is 1. The molecule has 0 bridgehead atoms. The molecule has 7 heteroatoms. The number of para-hydroxylation sites is 1. The topological polar surface area (TPSA) is 74.8 Å². The fourth-order valence-corrected chi connectivity index (χ4v) is 3.49. The van der Waals surface area contributed by atoms with Gasteiger partial charge in [0.2, 0.25) is 0 Å².